The number of unbranched alkanes of at least 4 members (excludes halogenated alkanes) is 2. The fourth-order valence-corrected chi connectivity index (χ4v) is 1.98. The van der Waals surface area contributed by atoms with E-state index in [0.717, 1.165) is 0 Å². The topological polar surface area (TPSA) is 21.3 Å². The smallest absolute Gasteiger partial charge is 0.0733 e. The first-order valence-corrected chi connectivity index (χ1v) is 6.61. The van der Waals surface area contributed by atoms with Crippen molar-refractivity contribution in [3.8, 4) is 0 Å². The Kier molecular flexibility index (Phi) is 6.71. The van der Waals surface area contributed by atoms with Gasteiger partial charge in [0.25, 0.3) is 0 Å². The lowest BCUT2D eigenvalue weighted by atomic mass is 10.1. The lowest BCUT2D eigenvalue weighted by molar-refractivity contribution is 0.185. The van der Waals surface area contributed by atoms with Gasteiger partial charge in [-0.25, -0.2) is 0 Å². The van der Waals surface area contributed by atoms with Gasteiger partial charge in [0.2, 0.25) is 0 Å². The number of methoxy groups -OCH3 is 1. The van der Waals surface area contributed by atoms with E-state index in [-0.39, 0.29) is 0 Å². The lowest BCUT2D eigenvalue weighted by Crippen LogP contribution is -2.16. The largest absolute Gasteiger partial charge is 0.382 e. The number of hydrogen-bond acceptors (Lipinski definition) is 2. The van der Waals surface area contributed by atoms with Gasteiger partial charge in [-0.2, -0.15) is 0 Å². The number of benzene rings is 1. The zero-order chi connectivity index (χ0) is 12.5. The molecule has 0 spiro atoms. The highest BCUT2D eigenvalue weighted by molar-refractivity contribution is 5.51. The van der Waals surface area contributed by atoms with Crippen molar-refractivity contribution in [3.63, 3.8) is 0 Å². The van der Waals surface area contributed by atoms with Gasteiger partial charge in [-0.3, -0.25) is 0 Å². The van der Waals surface area contributed by atoms with Gasteiger partial charge in [-0.05, 0) is 19.4 Å². The zero-order valence-electron chi connectivity index (χ0n) is 11.3. The molecule has 0 bridgehead atoms. The molecule has 0 heterocycles. The van der Waals surface area contributed by atoms with Gasteiger partial charge in [0.15, 0.2) is 0 Å². The second-order valence-electron chi connectivity index (χ2n) is 4.63. The molecule has 0 aliphatic heterocycles. The molecular formula is C15H25NO. The predicted molar refractivity (Wildman–Crippen MR) is 74.4 cm³/mol. The quantitative estimate of drug-likeness (QED) is 0.681. The highest BCUT2D eigenvalue weighted by Gasteiger charge is 2.05. The summed E-state index contributed by atoms with van der Waals surface area (Å²) in [6.45, 7) is 5.16. The van der Waals surface area contributed by atoms with E-state index in [1.54, 1.807) is 7.11 Å². The summed E-state index contributed by atoms with van der Waals surface area (Å²) in [4.78, 5) is 0. The summed E-state index contributed by atoms with van der Waals surface area (Å²) in [6, 6.07) is 8.90. The van der Waals surface area contributed by atoms with Crippen LogP contribution in [0.4, 0.5) is 5.69 Å². The van der Waals surface area contributed by atoms with Crippen LogP contribution < -0.4 is 5.32 Å². The van der Waals surface area contributed by atoms with E-state index >= 15 is 0 Å². The molecule has 0 fully saturated rings. The first kappa shape index (κ1) is 14.0. The number of rotatable bonds is 8. The predicted octanol–water partition coefficient (Wildman–Crippen LogP) is 4.21. The van der Waals surface area contributed by atoms with Crippen molar-refractivity contribution in [1.29, 1.82) is 0 Å². The third-order valence-corrected chi connectivity index (χ3v) is 2.96. The molecule has 0 saturated carbocycles. The lowest BCUT2D eigenvalue weighted by Gasteiger charge is -2.17. The second kappa shape index (κ2) is 8.13. The Labute approximate surface area is 105 Å². The minimum absolute atomic E-state index is 0.527. The first-order valence-electron chi connectivity index (χ1n) is 6.61. The van der Waals surface area contributed by atoms with E-state index in [4.69, 9.17) is 4.74 Å². The summed E-state index contributed by atoms with van der Waals surface area (Å²) in [5, 5.41) is 3.57. The van der Waals surface area contributed by atoms with Crippen molar-refractivity contribution < 1.29 is 4.74 Å². The van der Waals surface area contributed by atoms with Crippen LogP contribution in [0.25, 0.3) is 0 Å². The van der Waals surface area contributed by atoms with Gasteiger partial charge in [-0.1, -0.05) is 44.4 Å². The van der Waals surface area contributed by atoms with Gasteiger partial charge in [0.05, 0.1) is 6.61 Å². The number of ether oxygens (including phenoxy) is 1. The van der Waals surface area contributed by atoms with E-state index in [1.165, 1.54) is 36.9 Å². The molecule has 0 amide bonds. The normalized spacial score (nSPS) is 12.4. The molecule has 1 aromatic rings. The van der Waals surface area contributed by atoms with Crippen LogP contribution in [0.5, 0.6) is 0 Å². The molecule has 0 aliphatic rings. The summed E-state index contributed by atoms with van der Waals surface area (Å²) >= 11 is 0. The van der Waals surface area contributed by atoms with Crippen molar-refractivity contribution in [3.05, 3.63) is 29.8 Å². The third-order valence-electron chi connectivity index (χ3n) is 2.96. The molecule has 2 heteroatoms. The molecule has 96 valence electrons. The Balaban J connectivity index is 2.48. The molecule has 1 aromatic carbocycles. The summed E-state index contributed by atoms with van der Waals surface area (Å²) in [6.07, 6.45) is 5.14. The Morgan fingerprint density at radius 2 is 2.00 bits per heavy atom. The minimum Gasteiger partial charge on any atom is -0.382 e. The molecule has 1 N–H and O–H groups in total. The van der Waals surface area contributed by atoms with E-state index in [0.29, 0.717) is 12.6 Å². The van der Waals surface area contributed by atoms with Crippen LogP contribution in [0.1, 0.15) is 45.1 Å². The van der Waals surface area contributed by atoms with Crippen LogP contribution in [0.2, 0.25) is 0 Å². The van der Waals surface area contributed by atoms with Crippen molar-refractivity contribution in [2.45, 2.75) is 52.2 Å². The Bertz CT molecular complexity index is 312. The van der Waals surface area contributed by atoms with Crippen LogP contribution in [0.3, 0.4) is 0 Å². The number of para-hydroxylation sites is 1. The molecule has 0 aliphatic carbocycles. The molecule has 0 saturated heterocycles. The van der Waals surface area contributed by atoms with Crippen LogP contribution in [0.15, 0.2) is 24.3 Å². The van der Waals surface area contributed by atoms with Crippen molar-refractivity contribution in [1.82, 2.24) is 0 Å². The molecule has 0 aromatic heterocycles. The third kappa shape index (κ3) is 5.22. The van der Waals surface area contributed by atoms with E-state index in [2.05, 4.69) is 43.4 Å². The van der Waals surface area contributed by atoms with Crippen LogP contribution in [0, 0.1) is 0 Å². The molecule has 17 heavy (non-hydrogen) atoms. The minimum atomic E-state index is 0.527. The zero-order valence-corrected chi connectivity index (χ0v) is 11.3. The average molecular weight is 235 g/mol. The molecule has 2 nitrogen and oxygen atoms in total. The standard InChI is InChI=1S/C15H25NO/c1-4-5-6-9-13(2)16-15-11-8-7-10-14(15)12-17-3/h7-8,10-11,13,16H,4-6,9,12H2,1-3H3. The first-order chi connectivity index (χ1) is 8.27. The fraction of sp³-hybridized carbons (Fsp3) is 0.600. The highest BCUT2D eigenvalue weighted by atomic mass is 16.5. The summed E-state index contributed by atoms with van der Waals surface area (Å²) in [5.74, 6) is 0. The summed E-state index contributed by atoms with van der Waals surface area (Å²) < 4.78 is 5.21. The van der Waals surface area contributed by atoms with Crippen LogP contribution in [-0.2, 0) is 11.3 Å². The SMILES string of the molecule is CCCCCC(C)Nc1ccccc1COC. The molecule has 1 rings (SSSR count). The monoisotopic (exact) mass is 235 g/mol. The van der Waals surface area contributed by atoms with Crippen molar-refractivity contribution in [2.75, 3.05) is 12.4 Å². The molecular weight excluding hydrogens is 210 g/mol. The van der Waals surface area contributed by atoms with Crippen LogP contribution in [-0.4, -0.2) is 13.2 Å². The summed E-state index contributed by atoms with van der Waals surface area (Å²) in [5.41, 5.74) is 2.44. The van der Waals surface area contributed by atoms with Gasteiger partial charge in [-0.15, -0.1) is 0 Å². The second-order valence-corrected chi connectivity index (χ2v) is 4.63. The van der Waals surface area contributed by atoms with Crippen molar-refractivity contribution >= 4 is 5.69 Å². The van der Waals surface area contributed by atoms with Crippen molar-refractivity contribution in [2.24, 2.45) is 0 Å². The average Bonchev–Trinajstić information content (AvgIpc) is 2.32. The van der Waals surface area contributed by atoms with Gasteiger partial charge >= 0.3 is 0 Å². The van der Waals surface area contributed by atoms with Gasteiger partial charge < -0.3 is 10.1 Å². The molecule has 1 atom stereocenters. The van der Waals surface area contributed by atoms with E-state index < -0.39 is 0 Å². The number of nitrogens with one attached hydrogen (secondary N) is 1. The Morgan fingerprint density at radius 3 is 2.71 bits per heavy atom. The maximum Gasteiger partial charge on any atom is 0.0733 e. The Hall–Kier alpha value is -1.02. The summed E-state index contributed by atoms with van der Waals surface area (Å²) in [7, 11) is 1.74. The fourth-order valence-electron chi connectivity index (χ4n) is 1.98. The van der Waals surface area contributed by atoms with E-state index in [1.807, 2.05) is 0 Å². The van der Waals surface area contributed by atoms with Gasteiger partial charge in [0.1, 0.15) is 0 Å². The maximum atomic E-state index is 5.21. The van der Waals surface area contributed by atoms with Crippen LogP contribution >= 0.6 is 0 Å². The molecule has 1 unspecified atom stereocenters. The Morgan fingerprint density at radius 1 is 1.24 bits per heavy atom. The number of anilines is 1. The van der Waals surface area contributed by atoms with E-state index in [9.17, 15) is 0 Å². The molecule has 0 radical (unpaired) electrons. The van der Waals surface area contributed by atoms with Gasteiger partial charge in [0, 0.05) is 24.4 Å². The highest BCUT2D eigenvalue weighted by Crippen LogP contribution is 2.18. The number of hydrogen-bond donors (Lipinski definition) is 1. The maximum absolute atomic E-state index is 5.21.